The van der Waals surface area contributed by atoms with Gasteiger partial charge in [0.25, 0.3) is 0 Å². The Hall–Kier alpha value is -2.20. The molecule has 0 radical (unpaired) electrons. The number of likely N-dealkylation sites (tertiary alicyclic amines) is 1. The van der Waals surface area contributed by atoms with Gasteiger partial charge >= 0.3 is 0 Å². The van der Waals surface area contributed by atoms with Crippen LogP contribution in [0.5, 0.6) is 0 Å². The first-order valence-electron chi connectivity index (χ1n) is 7.84. The Kier molecular flexibility index (Phi) is 4.41. The maximum atomic E-state index is 13.9. The first-order chi connectivity index (χ1) is 11.7. The lowest BCUT2D eigenvalue weighted by atomic mass is 9.97. The minimum Gasteiger partial charge on any atom is -0.374 e. The molecule has 2 aliphatic heterocycles. The van der Waals surface area contributed by atoms with Crippen molar-refractivity contribution in [3.63, 3.8) is 0 Å². The van der Waals surface area contributed by atoms with Crippen molar-refractivity contribution in [1.82, 2.24) is 10.2 Å². The molecule has 25 heavy (non-hydrogen) atoms. The molecule has 0 aromatic heterocycles. The molecule has 2 heterocycles. The Bertz CT molecular complexity index is 829. The number of amides is 2. The summed E-state index contributed by atoms with van der Waals surface area (Å²) in [6.45, 7) is 0.857. The molecule has 136 valence electrons. The fraction of sp³-hybridized carbons (Fsp3) is 0.467. The Labute approximate surface area is 144 Å². The summed E-state index contributed by atoms with van der Waals surface area (Å²) in [5.41, 5.74) is -0.307. The number of carbonyl (C=O) groups is 2. The highest BCUT2D eigenvalue weighted by Crippen LogP contribution is 2.30. The van der Waals surface area contributed by atoms with Crippen LogP contribution in [0.4, 0.5) is 10.1 Å². The Morgan fingerprint density at radius 3 is 2.76 bits per heavy atom. The monoisotopic (exact) mass is 370 g/mol. The zero-order chi connectivity index (χ0) is 18.2. The highest BCUT2D eigenvalue weighted by molar-refractivity contribution is 7.89. The average Bonchev–Trinajstić information content (AvgIpc) is 3.11. The van der Waals surface area contributed by atoms with E-state index in [1.54, 1.807) is 4.90 Å². The van der Waals surface area contributed by atoms with Crippen molar-refractivity contribution in [3.05, 3.63) is 24.0 Å². The maximum absolute atomic E-state index is 13.9. The largest absolute Gasteiger partial charge is 0.374 e. The molecule has 1 aromatic carbocycles. The molecule has 10 heteroatoms. The highest BCUT2D eigenvalue weighted by atomic mass is 32.2. The number of hydrogen-bond donors (Lipinski definition) is 3. The van der Waals surface area contributed by atoms with E-state index >= 15 is 0 Å². The second-order valence-corrected chi connectivity index (χ2v) is 8.00. The minimum absolute atomic E-state index is 0.00411. The fourth-order valence-corrected chi connectivity index (χ4v) is 3.79. The van der Waals surface area contributed by atoms with Gasteiger partial charge in [0.2, 0.25) is 21.8 Å². The van der Waals surface area contributed by atoms with Gasteiger partial charge in [-0.3, -0.25) is 9.59 Å². The summed E-state index contributed by atoms with van der Waals surface area (Å²) >= 11 is 0. The maximum Gasteiger partial charge on any atom is 0.241 e. The quantitative estimate of drug-likeness (QED) is 0.676. The number of halogens is 1. The van der Waals surface area contributed by atoms with E-state index in [0.717, 1.165) is 6.07 Å². The number of hydrogen-bond acceptors (Lipinski definition) is 5. The zero-order valence-corrected chi connectivity index (χ0v) is 14.2. The number of anilines is 1. The third kappa shape index (κ3) is 3.74. The van der Waals surface area contributed by atoms with Crippen molar-refractivity contribution in [3.8, 4) is 0 Å². The van der Waals surface area contributed by atoms with E-state index in [2.05, 4.69) is 10.6 Å². The summed E-state index contributed by atoms with van der Waals surface area (Å²) in [5, 5.41) is 10.5. The number of nitrogens with zero attached hydrogens (tertiary/aromatic N) is 1. The van der Waals surface area contributed by atoms with Gasteiger partial charge in [0, 0.05) is 19.5 Å². The first kappa shape index (κ1) is 17.6. The molecule has 2 fully saturated rings. The number of benzene rings is 1. The number of sulfonamides is 1. The summed E-state index contributed by atoms with van der Waals surface area (Å²) in [5.74, 6) is -1.02. The van der Waals surface area contributed by atoms with Crippen LogP contribution in [0.3, 0.4) is 0 Å². The third-order valence-corrected chi connectivity index (χ3v) is 5.55. The zero-order valence-electron chi connectivity index (χ0n) is 13.4. The van der Waals surface area contributed by atoms with Crippen molar-refractivity contribution in [2.75, 3.05) is 25.0 Å². The summed E-state index contributed by atoms with van der Waals surface area (Å²) < 4.78 is 36.3. The molecule has 8 nitrogen and oxygen atoms in total. The second-order valence-electron chi connectivity index (χ2n) is 6.43. The molecule has 0 aliphatic carbocycles. The summed E-state index contributed by atoms with van der Waals surface area (Å²) in [6, 6.07) is 3.20. The smallest absolute Gasteiger partial charge is 0.241 e. The fourth-order valence-electron chi connectivity index (χ4n) is 3.26. The minimum atomic E-state index is -3.98. The Balaban J connectivity index is 1.59. The second kappa shape index (κ2) is 6.26. The molecule has 2 amide bonds. The van der Waals surface area contributed by atoms with Crippen LogP contribution in [0.25, 0.3) is 0 Å². The van der Waals surface area contributed by atoms with E-state index in [1.807, 2.05) is 0 Å². The molecule has 3 rings (SSSR count). The van der Waals surface area contributed by atoms with Gasteiger partial charge < -0.3 is 15.5 Å². The van der Waals surface area contributed by atoms with E-state index in [4.69, 9.17) is 5.14 Å². The molecule has 2 saturated heterocycles. The summed E-state index contributed by atoms with van der Waals surface area (Å²) in [4.78, 5) is 25.0. The molecule has 4 N–H and O–H groups in total. The molecule has 1 spiro atoms. The van der Waals surface area contributed by atoms with Crippen LogP contribution in [-0.4, -0.2) is 50.3 Å². The topological polar surface area (TPSA) is 122 Å². The molecule has 2 aliphatic rings. The SMILES string of the molecule is NS(=O)(=O)c1ccc(NCC(=O)N2CCC3(CCC(=O)N3)C2)c(F)c1. The van der Waals surface area contributed by atoms with Crippen LogP contribution in [0.2, 0.25) is 0 Å². The molecular weight excluding hydrogens is 351 g/mol. The van der Waals surface area contributed by atoms with Crippen LogP contribution in [0, 0.1) is 5.82 Å². The predicted molar refractivity (Wildman–Crippen MR) is 87.6 cm³/mol. The molecule has 0 saturated carbocycles. The molecular formula is C15H19FN4O4S. The van der Waals surface area contributed by atoms with Crippen LogP contribution in [0.1, 0.15) is 19.3 Å². The van der Waals surface area contributed by atoms with Gasteiger partial charge in [-0.15, -0.1) is 0 Å². The highest BCUT2D eigenvalue weighted by Gasteiger charge is 2.44. The lowest BCUT2D eigenvalue weighted by Gasteiger charge is -2.24. The summed E-state index contributed by atoms with van der Waals surface area (Å²) in [6.07, 6.45) is 1.90. The van der Waals surface area contributed by atoms with Crippen LogP contribution in [0.15, 0.2) is 23.1 Å². The van der Waals surface area contributed by atoms with Gasteiger partial charge in [-0.05, 0) is 31.0 Å². The van der Waals surface area contributed by atoms with Crippen molar-refractivity contribution >= 4 is 27.5 Å². The van der Waals surface area contributed by atoms with Crippen molar-refractivity contribution in [2.24, 2.45) is 5.14 Å². The van der Waals surface area contributed by atoms with E-state index in [0.29, 0.717) is 32.4 Å². The molecule has 1 aromatic rings. The summed E-state index contributed by atoms with van der Waals surface area (Å²) in [7, 11) is -3.98. The Morgan fingerprint density at radius 1 is 1.40 bits per heavy atom. The normalized spacial score (nSPS) is 23.1. The number of nitrogens with one attached hydrogen (secondary N) is 2. The van der Waals surface area contributed by atoms with Crippen molar-refractivity contribution in [2.45, 2.75) is 29.7 Å². The van der Waals surface area contributed by atoms with Gasteiger partial charge in [0.05, 0.1) is 22.7 Å². The van der Waals surface area contributed by atoms with Gasteiger partial charge in [-0.1, -0.05) is 0 Å². The van der Waals surface area contributed by atoms with Gasteiger partial charge in [0.15, 0.2) is 0 Å². The number of primary sulfonamides is 1. The molecule has 1 atom stereocenters. The first-order valence-corrected chi connectivity index (χ1v) is 9.38. The standard InChI is InChI=1S/C15H19FN4O4S/c16-11-7-10(25(17,23)24)1-2-12(11)18-8-14(22)20-6-5-15(9-20)4-3-13(21)19-15/h1-2,7,18H,3-6,8-9H2,(H,19,21)(H2,17,23,24). The molecule has 0 bridgehead atoms. The van der Waals surface area contributed by atoms with Crippen LogP contribution < -0.4 is 15.8 Å². The van der Waals surface area contributed by atoms with Crippen molar-refractivity contribution in [1.29, 1.82) is 0 Å². The van der Waals surface area contributed by atoms with E-state index in [9.17, 15) is 22.4 Å². The van der Waals surface area contributed by atoms with Crippen LogP contribution in [-0.2, 0) is 19.6 Å². The lowest BCUT2D eigenvalue weighted by molar-refractivity contribution is -0.128. The Morgan fingerprint density at radius 2 is 2.16 bits per heavy atom. The van der Waals surface area contributed by atoms with Crippen LogP contribution >= 0.6 is 0 Å². The predicted octanol–water partition coefficient (Wildman–Crippen LogP) is -0.234. The van der Waals surface area contributed by atoms with Gasteiger partial charge in [0.1, 0.15) is 5.82 Å². The van der Waals surface area contributed by atoms with Gasteiger partial charge in [-0.2, -0.15) is 0 Å². The van der Waals surface area contributed by atoms with Gasteiger partial charge in [-0.25, -0.2) is 17.9 Å². The van der Waals surface area contributed by atoms with E-state index in [-0.39, 0.29) is 34.5 Å². The lowest BCUT2D eigenvalue weighted by Crippen LogP contribution is -2.45. The number of rotatable bonds is 4. The number of carbonyl (C=O) groups excluding carboxylic acids is 2. The van der Waals surface area contributed by atoms with E-state index in [1.165, 1.54) is 12.1 Å². The molecule has 1 unspecified atom stereocenters. The van der Waals surface area contributed by atoms with E-state index < -0.39 is 15.8 Å². The average molecular weight is 370 g/mol. The third-order valence-electron chi connectivity index (χ3n) is 4.64. The number of nitrogens with two attached hydrogens (primary N) is 1. The van der Waals surface area contributed by atoms with Crippen molar-refractivity contribution < 1.29 is 22.4 Å².